The number of amides is 1. The van der Waals surface area contributed by atoms with Crippen LogP contribution < -0.4 is 5.32 Å². The molecule has 1 amide bonds. The van der Waals surface area contributed by atoms with Gasteiger partial charge in [-0.25, -0.2) is 0 Å². The molecule has 0 unspecified atom stereocenters. The molecule has 0 saturated heterocycles. The van der Waals surface area contributed by atoms with Gasteiger partial charge in [-0.1, -0.05) is 31.1 Å². The van der Waals surface area contributed by atoms with Crippen molar-refractivity contribution in [3.63, 3.8) is 0 Å². The van der Waals surface area contributed by atoms with Crippen LogP contribution in [-0.4, -0.2) is 24.9 Å². The number of nitrogens with one attached hydrogen (secondary N) is 1. The highest BCUT2D eigenvalue weighted by atomic mass is 32.1. The molecule has 6 nitrogen and oxygen atoms in total. The Morgan fingerprint density at radius 1 is 1.39 bits per heavy atom. The van der Waals surface area contributed by atoms with Gasteiger partial charge in [-0.2, -0.15) is 8.75 Å². The highest BCUT2D eigenvalue weighted by Gasteiger charge is 2.12. The number of hydrogen-bond acceptors (Lipinski definition) is 7. The third-order valence-electron chi connectivity index (χ3n) is 2.28. The van der Waals surface area contributed by atoms with Crippen LogP contribution in [0.25, 0.3) is 0 Å². The van der Waals surface area contributed by atoms with Gasteiger partial charge in [0, 0.05) is 6.42 Å². The lowest BCUT2D eigenvalue weighted by atomic mass is 10.2. The van der Waals surface area contributed by atoms with Crippen LogP contribution in [0.3, 0.4) is 0 Å². The van der Waals surface area contributed by atoms with Gasteiger partial charge in [-0.05, 0) is 6.42 Å². The van der Waals surface area contributed by atoms with Crippen molar-refractivity contribution in [2.45, 2.75) is 32.6 Å². The quantitative estimate of drug-likeness (QED) is 0.823. The SMILES string of the molecule is CCCCCc1nnc(NC(=O)c2cnsn2)s1. The van der Waals surface area contributed by atoms with E-state index in [1.54, 1.807) is 0 Å². The third-order valence-corrected chi connectivity index (χ3v) is 3.65. The van der Waals surface area contributed by atoms with Crippen molar-refractivity contribution < 1.29 is 4.79 Å². The second-order valence-electron chi connectivity index (χ2n) is 3.70. The number of aryl methyl sites for hydroxylation is 1. The van der Waals surface area contributed by atoms with E-state index in [1.165, 1.54) is 30.4 Å². The average molecular weight is 283 g/mol. The summed E-state index contributed by atoms with van der Waals surface area (Å²) in [7, 11) is 0. The Bertz CT molecular complexity index is 496. The van der Waals surface area contributed by atoms with Crippen molar-refractivity contribution in [2.75, 3.05) is 5.32 Å². The highest BCUT2D eigenvalue weighted by Crippen LogP contribution is 2.18. The number of carbonyl (C=O) groups is 1. The summed E-state index contributed by atoms with van der Waals surface area (Å²) in [6.07, 6.45) is 5.82. The van der Waals surface area contributed by atoms with Gasteiger partial charge in [-0.15, -0.1) is 10.2 Å². The fourth-order valence-electron chi connectivity index (χ4n) is 1.36. The summed E-state index contributed by atoms with van der Waals surface area (Å²) in [5.41, 5.74) is 0.308. The van der Waals surface area contributed by atoms with Crippen LogP contribution in [0.5, 0.6) is 0 Å². The van der Waals surface area contributed by atoms with Crippen LogP contribution in [0.1, 0.15) is 41.7 Å². The smallest absolute Gasteiger partial charge is 0.278 e. The summed E-state index contributed by atoms with van der Waals surface area (Å²) in [6, 6.07) is 0. The topological polar surface area (TPSA) is 80.7 Å². The fraction of sp³-hybridized carbons (Fsp3) is 0.500. The second-order valence-corrected chi connectivity index (χ2v) is 5.32. The van der Waals surface area contributed by atoms with Gasteiger partial charge < -0.3 is 0 Å². The Labute approximate surface area is 113 Å². The van der Waals surface area contributed by atoms with Gasteiger partial charge in [0.15, 0.2) is 5.69 Å². The van der Waals surface area contributed by atoms with Crippen LogP contribution in [0.15, 0.2) is 6.20 Å². The molecule has 18 heavy (non-hydrogen) atoms. The zero-order valence-electron chi connectivity index (χ0n) is 9.92. The number of aromatic nitrogens is 4. The summed E-state index contributed by atoms with van der Waals surface area (Å²) in [5, 5.41) is 12.1. The van der Waals surface area contributed by atoms with Gasteiger partial charge in [0.2, 0.25) is 5.13 Å². The molecule has 0 saturated carbocycles. The largest absolute Gasteiger partial charge is 0.295 e. The highest BCUT2D eigenvalue weighted by molar-refractivity contribution is 7.15. The zero-order chi connectivity index (χ0) is 12.8. The molecule has 2 aromatic heterocycles. The van der Waals surface area contributed by atoms with Gasteiger partial charge >= 0.3 is 0 Å². The Hall–Kier alpha value is -1.41. The number of anilines is 1. The third kappa shape index (κ3) is 3.54. The van der Waals surface area contributed by atoms with Crippen molar-refractivity contribution >= 4 is 34.1 Å². The van der Waals surface area contributed by atoms with Gasteiger partial charge in [0.25, 0.3) is 5.91 Å². The van der Waals surface area contributed by atoms with E-state index >= 15 is 0 Å². The van der Waals surface area contributed by atoms with E-state index < -0.39 is 0 Å². The Morgan fingerprint density at radius 3 is 3.00 bits per heavy atom. The van der Waals surface area contributed by atoms with Gasteiger partial charge in [0.05, 0.1) is 17.9 Å². The van der Waals surface area contributed by atoms with E-state index in [0.29, 0.717) is 10.8 Å². The maximum Gasteiger partial charge on any atom is 0.278 e. The molecule has 2 heterocycles. The van der Waals surface area contributed by atoms with Crippen LogP contribution in [0, 0.1) is 0 Å². The molecule has 0 bridgehead atoms. The van der Waals surface area contributed by atoms with Crippen molar-refractivity contribution in [3.8, 4) is 0 Å². The molecule has 8 heteroatoms. The van der Waals surface area contributed by atoms with Crippen LogP contribution in [0.2, 0.25) is 0 Å². The second kappa shape index (κ2) is 6.50. The molecule has 0 aliphatic carbocycles. The minimum atomic E-state index is -0.292. The normalized spacial score (nSPS) is 10.5. The fourth-order valence-corrected chi connectivity index (χ4v) is 2.55. The first-order chi connectivity index (χ1) is 8.79. The number of unbranched alkanes of at least 4 members (excludes halogenated alkanes) is 2. The average Bonchev–Trinajstić information content (AvgIpc) is 3.00. The minimum absolute atomic E-state index is 0.292. The van der Waals surface area contributed by atoms with E-state index in [0.717, 1.165) is 29.6 Å². The monoisotopic (exact) mass is 283 g/mol. The maximum atomic E-state index is 11.7. The molecule has 96 valence electrons. The number of nitrogens with zero attached hydrogens (tertiary/aromatic N) is 4. The van der Waals surface area contributed by atoms with Crippen LogP contribution >= 0.6 is 23.1 Å². The van der Waals surface area contributed by atoms with Crippen molar-refractivity contribution in [3.05, 3.63) is 16.9 Å². The zero-order valence-corrected chi connectivity index (χ0v) is 11.6. The Balaban J connectivity index is 1.88. The molecule has 0 aliphatic rings. The Morgan fingerprint density at radius 2 is 2.28 bits per heavy atom. The number of carbonyl (C=O) groups excluding carboxylic acids is 1. The minimum Gasteiger partial charge on any atom is -0.295 e. The summed E-state index contributed by atoms with van der Waals surface area (Å²) in [5.74, 6) is -0.292. The first-order valence-electron chi connectivity index (χ1n) is 5.71. The van der Waals surface area contributed by atoms with Crippen LogP contribution in [0.4, 0.5) is 5.13 Å². The van der Waals surface area contributed by atoms with E-state index in [-0.39, 0.29) is 5.91 Å². The maximum absolute atomic E-state index is 11.7. The van der Waals surface area contributed by atoms with E-state index in [9.17, 15) is 4.79 Å². The summed E-state index contributed by atoms with van der Waals surface area (Å²) >= 11 is 2.41. The lowest BCUT2D eigenvalue weighted by Gasteiger charge is -1.95. The molecule has 1 N–H and O–H groups in total. The van der Waals surface area contributed by atoms with Crippen molar-refractivity contribution in [1.82, 2.24) is 18.9 Å². The molecule has 0 fully saturated rings. The predicted octanol–water partition coefficient (Wildman–Crippen LogP) is 2.37. The molecule has 2 rings (SSSR count). The molecule has 0 spiro atoms. The lowest BCUT2D eigenvalue weighted by molar-refractivity contribution is 0.102. The van der Waals surface area contributed by atoms with Crippen molar-refractivity contribution in [1.29, 1.82) is 0 Å². The summed E-state index contributed by atoms with van der Waals surface area (Å²) < 4.78 is 7.63. The van der Waals surface area contributed by atoms with Crippen LogP contribution in [-0.2, 0) is 6.42 Å². The number of hydrogen-bond donors (Lipinski definition) is 1. The molecule has 0 aromatic carbocycles. The molecular formula is C10H13N5OS2. The number of rotatable bonds is 6. The Kier molecular flexibility index (Phi) is 4.71. The lowest BCUT2D eigenvalue weighted by Crippen LogP contribution is -2.11. The predicted molar refractivity (Wildman–Crippen MR) is 71.0 cm³/mol. The molecular weight excluding hydrogens is 270 g/mol. The molecule has 0 aliphatic heterocycles. The van der Waals surface area contributed by atoms with E-state index in [4.69, 9.17) is 0 Å². The van der Waals surface area contributed by atoms with Gasteiger partial charge in [-0.3, -0.25) is 10.1 Å². The summed E-state index contributed by atoms with van der Waals surface area (Å²) in [6.45, 7) is 2.16. The van der Waals surface area contributed by atoms with E-state index in [2.05, 4.69) is 31.2 Å². The molecule has 0 atom stereocenters. The molecule has 2 aromatic rings. The first kappa shape index (κ1) is 13.0. The van der Waals surface area contributed by atoms with Gasteiger partial charge in [0.1, 0.15) is 5.01 Å². The summed E-state index contributed by atoms with van der Waals surface area (Å²) in [4.78, 5) is 11.7. The standard InChI is InChI=1S/C10H13N5OS2/c1-2-3-4-5-8-13-14-10(17-8)12-9(16)7-6-11-18-15-7/h6H,2-5H2,1H3,(H,12,14,16). The molecule has 0 radical (unpaired) electrons. The first-order valence-corrected chi connectivity index (χ1v) is 7.25. The van der Waals surface area contributed by atoms with Crippen molar-refractivity contribution in [2.24, 2.45) is 0 Å². The van der Waals surface area contributed by atoms with E-state index in [1.807, 2.05) is 0 Å².